The molecule has 2 aromatic rings. The molecule has 3 rings (SSSR count). The molecule has 0 radical (unpaired) electrons. The second-order valence-corrected chi connectivity index (χ2v) is 5.25. The van der Waals surface area contributed by atoms with E-state index in [0.29, 0.717) is 18.3 Å². The molecule has 1 N–H and O–H groups in total. The fourth-order valence-electron chi connectivity index (χ4n) is 2.53. The molecule has 5 heteroatoms. The Balaban J connectivity index is 1.88. The molecule has 1 unspecified atom stereocenters. The van der Waals surface area contributed by atoms with E-state index in [1.165, 1.54) is 0 Å². The highest BCUT2D eigenvalue weighted by Crippen LogP contribution is 2.30. The lowest BCUT2D eigenvalue weighted by Crippen LogP contribution is -2.33. The van der Waals surface area contributed by atoms with Gasteiger partial charge in [-0.1, -0.05) is 17.3 Å². The summed E-state index contributed by atoms with van der Waals surface area (Å²) in [6, 6.07) is 7.75. The minimum Gasteiger partial charge on any atom is -0.494 e. The molecule has 0 aliphatic carbocycles. The number of rotatable bonds is 4. The van der Waals surface area contributed by atoms with Crippen molar-refractivity contribution in [1.29, 1.82) is 0 Å². The van der Waals surface area contributed by atoms with Crippen molar-refractivity contribution in [1.82, 2.24) is 15.5 Å². The van der Waals surface area contributed by atoms with Crippen molar-refractivity contribution in [2.24, 2.45) is 0 Å². The molecule has 1 aliphatic rings. The predicted molar refractivity (Wildman–Crippen MR) is 75.5 cm³/mol. The molecule has 20 heavy (non-hydrogen) atoms. The van der Waals surface area contributed by atoms with Crippen LogP contribution in [0.2, 0.25) is 0 Å². The van der Waals surface area contributed by atoms with Gasteiger partial charge in [0.15, 0.2) is 0 Å². The molecule has 0 spiro atoms. The maximum absolute atomic E-state index is 5.50. The van der Waals surface area contributed by atoms with E-state index in [0.717, 1.165) is 30.7 Å². The van der Waals surface area contributed by atoms with Crippen molar-refractivity contribution in [3.63, 3.8) is 0 Å². The van der Waals surface area contributed by atoms with Gasteiger partial charge < -0.3 is 14.6 Å². The summed E-state index contributed by atoms with van der Waals surface area (Å²) in [5.74, 6) is 2.09. The largest absolute Gasteiger partial charge is 0.494 e. The minimum absolute atomic E-state index is 0.192. The Morgan fingerprint density at radius 2 is 2.35 bits per heavy atom. The predicted octanol–water partition coefficient (Wildman–Crippen LogP) is 2.73. The summed E-state index contributed by atoms with van der Waals surface area (Å²) >= 11 is 0. The van der Waals surface area contributed by atoms with Crippen LogP contribution in [0.4, 0.5) is 0 Å². The van der Waals surface area contributed by atoms with Gasteiger partial charge in [0, 0.05) is 5.56 Å². The lowest BCUT2D eigenvalue weighted by atomic mass is 10.0. The van der Waals surface area contributed by atoms with E-state index in [4.69, 9.17) is 9.26 Å². The Kier molecular flexibility index (Phi) is 3.44. The summed E-state index contributed by atoms with van der Waals surface area (Å²) in [7, 11) is 0. The van der Waals surface area contributed by atoms with Crippen LogP contribution in [0.3, 0.4) is 0 Å². The van der Waals surface area contributed by atoms with Crippen molar-refractivity contribution in [3.05, 3.63) is 30.2 Å². The zero-order valence-electron chi connectivity index (χ0n) is 11.8. The topological polar surface area (TPSA) is 60.2 Å². The van der Waals surface area contributed by atoms with Crippen LogP contribution in [0, 0.1) is 0 Å². The van der Waals surface area contributed by atoms with Crippen LogP contribution in [-0.2, 0) is 5.54 Å². The molecular weight excluding hydrogens is 254 g/mol. The number of aromatic nitrogens is 2. The molecule has 5 nitrogen and oxygen atoms in total. The van der Waals surface area contributed by atoms with Crippen molar-refractivity contribution < 1.29 is 9.26 Å². The van der Waals surface area contributed by atoms with Crippen LogP contribution >= 0.6 is 0 Å². The van der Waals surface area contributed by atoms with Crippen LogP contribution in [0.15, 0.2) is 28.8 Å². The summed E-state index contributed by atoms with van der Waals surface area (Å²) in [5, 5.41) is 7.52. The Bertz CT molecular complexity index is 588. The lowest BCUT2D eigenvalue weighted by Gasteiger charge is -2.18. The second kappa shape index (κ2) is 5.25. The second-order valence-electron chi connectivity index (χ2n) is 5.25. The van der Waals surface area contributed by atoms with Gasteiger partial charge in [0.1, 0.15) is 5.75 Å². The number of nitrogens with zero attached hydrogens (tertiary/aromatic N) is 2. The van der Waals surface area contributed by atoms with Crippen molar-refractivity contribution in [2.45, 2.75) is 32.2 Å². The highest BCUT2D eigenvalue weighted by Gasteiger charge is 2.35. The number of benzene rings is 1. The fraction of sp³-hybridized carbons (Fsp3) is 0.467. The smallest absolute Gasteiger partial charge is 0.246 e. The summed E-state index contributed by atoms with van der Waals surface area (Å²) in [5.41, 5.74) is 0.718. The highest BCUT2D eigenvalue weighted by atomic mass is 16.5. The maximum atomic E-state index is 5.50. The summed E-state index contributed by atoms with van der Waals surface area (Å²) in [4.78, 5) is 4.54. The maximum Gasteiger partial charge on any atom is 0.246 e. The first-order chi connectivity index (χ1) is 9.71. The molecule has 1 aromatic carbocycles. The molecular formula is C15H19N3O2. The summed E-state index contributed by atoms with van der Waals surface area (Å²) in [6.45, 7) is 5.70. The Morgan fingerprint density at radius 1 is 1.45 bits per heavy atom. The number of ether oxygens (including phenoxy) is 1. The van der Waals surface area contributed by atoms with Crippen LogP contribution < -0.4 is 10.1 Å². The molecule has 106 valence electrons. The summed E-state index contributed by atoms with van der Waals surface area (Å²) in [6.07, 6.45) is 2.15. The van der Waals surface area contributed by atoms with Crippen LogP contribution in [0.25, 0.3) is 11.4 Å². The average molecular weight is 273 g/mol. The first-order valence-corrected chi connectivity index (χ1v) is 7.04. The van der Waals surface area contributed by atoms with E-state index in [1.807, 2.05) is 31.2 Å². The van der Waals surface area contributed by atoms with Gasteiger partial charge in [-0.2, -0.15) is 4.98 Å². The third-order valence-corrected chi connectivity index (χ3v) is 3.67. The van der Waals surface area contributed by atoms with E-state index in [-0.39, 0.29) is 5.54 Å². The third kappa shape index (κ3) is 2.41. The lowest BCUT2D eigenvalue weighted by molar-refractivity contribution is 0.275. The van der Waals surface area contributed by atoms with Crippen molar-refractivity contribution in [3.8, 4) is 17.1 Å². The molecule has 1 aliphatic heterocycles. The Labute approximate surface area is 118 Å². The van der Waals surface area contributed by atoms with Crippen LogP contribution in [0.5, 0.6) is 5.75 Å². The van der Waals surface area contributed by atoms with Gasteiger partial charge in [0.2, 0.25) is 11.7 Å². The Hall–Kier alpha value is -1.88. The van der Waals surface area contributed by atoms with E-state index < -0.39 is 0 Å². The Morgan fingerprint density at radius 3 is 3.10 bits per heavy atom. The molecule has 1 atom stereocenters. The van der Waals surface area contributed by atoms with Gasteiger partial charge in [0.05, 0.1) is 12.1 Å². The number of hydrogen-bond acceptors (Lipinski definition) is 5. The number of nitrogens with one attached hydrogen (secondary N) is 1. The van der Waals surface area contributed by atoms with Crippen LogP contribution in [0.1, 0.15) is 32.6 Å². The molecule has 1 fully saturated rings. The molecule has 2 heterocycles. The van der Waals surface area contributed by atoms with Gasteiger partial charge >= 0.3 is 0 Å². The van der Waals surface area contributed by atoms with Crippen molar-refractivity contribution in [2.75, 3.05) is 13.2 Å². The molecule has 1 aromatic heterocycles. The zero-order valence-corrected chi connectivity index (χ0v) is 11.8. The van der Waals surface area contributed by atoms with Crippen molar-refractivity contribution >= 4 is 0 Å². The molecule has 0 saturated carbocycles. The minimum atomic E-state index is -0.192. The molecule has 1 saturated heterocycles. The fourth-order valence-corrected chi connectivity index (χ4v) is 2.53. The highest BCUT2D eigenvalue weighted by molar-refractivity contribution is 5.56. The molecule has 0 bridgehead atoms. The van der Waals surface area contributed by atoms with E-state index in [9.17, 15) is 0 Å². The monoisotopic (exact) mass is 273 g/mol. The van der Waals surface area contributed by atoms with Gasteiger partial charge in [-0.25, -0.2) is 0 Å². The van der Waals surface area contributed by atoms with E-state index >= 15 is 0 Å². The van der Waals surface area contributed by atoms with Crippen LogP contribution in [-0.4, -0.2) is 23.3 Å². The normalized spacial score (nSPS) is 22.1. The van der Waals surface area contributed by atoms with E-state index in [1.54, 1.807) is 0 Å². The van der Waals surface area contributed by atoms with E-state index in [2.05, 4.69) is 22.4 Å². The third-order valence-electron chi connectivity index (χ3n) is 3.67. The standard InChI is InChI=1S/C15H19N3O2/c1-3-19-12-7-4-6-11(10-12)13-17-14(20-18-13)15(2)8-5-9-16-15/h4,6-7,10,16H,3,5,8-9H2,1-2H3. The quantitative estimate of drug-likeness (QED) is 0.928. The molecule has 0 amide bonds. The van der Waals surface area contributed by atoms with Gasteiger partial charge in [-0.05, 0) is 45.4 Å². The number of hydrogen-bond donors (Lipinski definition) is 1. The van der Waals surface area contributed by atoms with Gasteiger partial charge in [0.25, 0.3) is 0 Å². The first kappa shape index (κ1) is 13.1. The summed E-state index contributed by atoms with van der Waals surface area (Å²) < 4.78 is 10.9. The first-order valence-electron chi connectivity index (χ1n) is 7.04. The van der Waals surface area contributed by atoms with Gasteiger partial charge in [-0.15, -0.1) is 0 Å². The average Bonchev–Trinajstić information content (AvgIpc) is 3.09. The SMILES string of the molecule is CCOc1cccc(-c2noc(C3(C)CCCN3)n2)c1. The zero-order chi connectivity index (χ0) is 14.0. The van der Waals surface area contributed by atoms with Gasteiger partial charge in [-0.3, -0.25) is 0 Å².